The van der Waals surface area contributed by atoms with Crippen molar-refractivity contribution in [2.45, 2.75) is 0 Å². The van der Waals surface area contributed by atoms with E-state index in [9.17, 15) is 0 Å². The summed E-state index contributed by atoms with van der Waals surface area (Å²) in [6, 6.07) is 0. The van der Waals surface area contributed by atoms with Crippen molar-refractivity contribution in [3.63, 3.8) is 0 Å². The van der Waals surface area contributed by atoms with Gasteiger partial charge in [-0.3, -0.25) is 0 Å². The number of hydrogen-bond acceptors (Lipinski definition) is 0. The van der Waals surface area contributed by atoms with Crippen molar-refractivity contribution in [3.05, 3.63) is 0 Å². The first-order valence-electron chi connectivity index (χ1n) is 0. The fraction of sp³-hybridized carbons (Fsp3) is 0. The van der Waals surface area contributed by atoms with Crippen molar-refractivity contribution < 1.29 is 0 Å². The number of hydrogen-bond donors (Lipinski definition) is 0. The standard InChI is InChI=1S/BrH.Cs.2HI.H/h1H;;2*1H;. The predicted molar refractivity (Wildman–Crippen MR) is 48.3 cm³/mol. The third kappa shape index (κ3) is 9.37. The van der Waals surface area contributed by atoms with E-state index in [-0.39, 0.29) is 134 Å². The molecular weight excluding hydrogens is 467 g/mol. The molecular formula is H4BrCsI2. The zero-order chi connectivity index (χ0) is 0. The topological polar surface area (TPSA) is 0 Å². The first-order valence-corrected chi connectivity index (χ1v) is 0. The van der Waals surface area contributed by atoms with Gasteiger partial charge in [-0.2, -0.15) is 0 Å². The van der Waals surface area contributed by atoms with E-state index in [1.807, 2.05) is 0 Å². The van der Waals surface area contributed by atoms with Crippen LogP contribution >= 0.6 is 64.9 Å². The average Bonchev–Trinajstić information content (AvgIpc) is 0. The molecule has 0 spiro atoms. The van der Waals surface area contributed by atoms with Crippen LogP contribution in [0.3, 0.4) is 0 Å². The van der Waals surface area contributed by atoms with Crippen LogP contribution in [0.15, 0.2) is 0 Å². The zero-order valence-corrected chi connectivity index (χ0v) is 7.60. The van der Waals surface area contributed by atoms with Gasteiger partial charge in [0.05, 0.1) is 0 Å². The van der Waals surface area contributed by atoms with Crippen molar-refractivity contribution in [1.29, 1.82) is 0 Å². The van der Waals surface area contributed by atoms with Crippen LogP contribution in [0.4, 0.5) is 0 Å². The van der Waals surface area contributed by atoms with Gasteiger partial charge in [-0.05, 0) is 0 Å². The van der Waals surface area contributed by atoms with Crippen LogP contribution in [-0.2, 0) is 0 Å². The van der Waals surface area contributed by atoms with Gasteiger partial charge in [0.25, 0.3) is 0 Å². The molecule has 0 amide bonds. The summed E-state index contributed by atoms with van der Waals surface area (Å²) in [5.41, 5.74) is 0. The quantitative estimate of drug-likeness (QED) is 0.467. The first kappa shape index (κ1) is 24.5. The number of halogens is 3. The second kappa shape index (κ2) is 15.8. The Morgan fingerprint density at radius 2 is 0.750 bits per heavy atom. The van der Waals surface area contributed by atoms with Gasteiger partial charge in [-0.25, -0.2) is 0 Å². The van der Waals surface area contributed by atoms with Gasteiger partial charge in [0.1, 0.15) is 0 Å². The molecule has 0 radical (unpaired) electrons. The maximum absolute atomic E-state index is 0. The van der Waals surface area contributed by atoms with Crippen molar-refractivity contribution in [2.24, 2.45) is 0 Å². The molecule has 0 N–H and O–H groups in total. The molecule has 0 aliphatic rings. The summed E-state index contributed by atoms with van der Waals surface area (Å²) >= 11 is 0. The molecule has 4 heavy (non-hydrogen) atoms. The second-order valence-corrected chi connectivity index (χ2v) is 0. The molecule has 0 saturated carbocycles. The van der Waals surface area contributed by atoms with Gasteiger partial charge >= 0.3 is 68.9 Å². The summed E-state index contributed by atoms with van der Waals surface area (Å²) in [5.74, 6) is 0. The molecule has 0 bridgehead atoms. The molecule has 0 atom stereocenters. The van der Waals surface area contributed by atoms with Gasteiger partial charge in [0.2, 0.25) is 0 Å². The van der Waals surface area contributed by atoms with Crippen LogP contribution in [0.2, 0.25) is 0 Å². The molecule has 0 nitrogen and oxygen atoms in total. The molecule has 0 heterocycles. The van der Waals surface area contributed by atoms with Crippen molar-refractivity contribution in [3.8, 4) is 0 Å². The first-order chi connectivity index (χ1) is 0. The fourth-order valence-corrected chi connectivity index (χ4v) is 0. The average molecular weight is 471 g/mol. The van der Waals surface area contributed by atoms with Gasteiger partial charge in [-0.1, -0.05) is 0 Å². The second-order valence-electron chi connectivity index (χ2n) is 0. The van der Waals surface area contributed by atoms with Crippen LogP contribution < -0.4 is 0 Å². The molecule has 26 valence electrons. The molecule has 4 heteroatoms. The third-order valence-electron chi connectivity index (χ3n) is 0. The van der Waals surface area contributed by atoms with Crippen LogP contribution in [0, 0.1) is 0 Å². The Morgan fingerprint density at radius 3 is 0.750 bits per heavy atom. The Balaban J connectivity index is 0. The van der Waals surface area contributed by atoms with Gasteiger partial charge in [0.15, 0.2) is 0 Å². The number of rotatable bonds is 0. The van der Waals surface area contributed by atoms with Gasteiger partial charge < -0.3 is 0 Å². The zero-order valence-electron chi connectivity index (χ0n) is 1.22. The molecule has 0 aliphatic carbocycles. The van der Waals surface area contributed by atoms with E-state index < -0.39 is 0 Å². The van der Waals surface area contributed by atoms with Gasteiger partial charge in [0, 0.05) is 0 Å². The molecule has 0 aliphatic heterocycles. The van der Waals surface area contributed by atoms with E-state index >= 15 is 0 Å². The van der Waals surface area contributed by atoms with Crippen LogP contribution in [0.25, 0.3) is 0 Å². The SMILES string of the molecule is Br.I.I.[CsH]. The van der Waals surface area contributed by atoms with E-state index in [2.05, 4.69) is 0 Å². The Kier molecular flexibility index (Phi) is 96.6. The molecule has 0 fully saturated rings. The Morgan fingerprint density at radius 1 is 0.750 bits per heavy atom. The molecule has 0 aromatic carbocycles. The summed E-state index contributed by atoms with van der Waals surface area (Å²) in [6.45, 7) is 0. The summed E-state index contributed by atoms with van der Waals surface area (Å²) in [6.07, 6.45) is 0. The van der Waals surface area contributed by atoms with Crippen molar-refractivity contribution in [1.82, 2.24) is 0 Å². The Bertz CT molecular complexity index is 6.00. The molecule has 0 unspecified atom stereocenters. The van der Waals surface area contributed by atoms with Crippen LogP contribution in [0.5, 0.6) is 0 Å². The summed E-state index contributed by atoms with van der Waals surface area (Å²) < 4.78 is 0. The predicted octanol–water partition coefficient (Wildman–Crippen LogP) is 1.17. The Labute approximate surface area is 129 Å². The van der Waals surface area contributed by atoms with Crippen LogP contribution in [-0.4, -0.2) is 68.9 Å². The van der Waals surface area contributed by atoms with E-state index in [1.54, 1.807) is 0 Å². The van der Waals surface area contributed by atoms with Crippen molar-refractivity contribution >= 4 is 134 Å². The minimum atomic E-state index is 0. The molecule has 0 aromatic heterocycles. The molecule has 0 aromatic rings. The summed E-state index contributed by atoms with van der Waals surface area (Å²) in [4.78, 5) is 0. The maximum atomic E-state index is 0. The normalized spacial score (nSPS) is 0. The monoisotopic (exact) mass is 470 g/mol. The van der Waals surface area contributed by atoms with Crippen molar-refractivity contribution in [2.75, 3.05) is 0 Å². The van der Waals surface area contributed by atoms with E-state index in [0.29, 0.717) is 0 Å². The summed E-state index contributed by atoms with van der Waals surface area (Å²) in [7, 11) is 0. The van der Waals surface area contributed by atoms with E-state index in [1.165, 1.54) is 0 Å². The molecule has 0 rings (SSSR count). The van der Waals surface area contributed by atoms with E-state index in [0.717, 1.165) is 0 Å². The van der Waals surface area contributed by atoms with E-state index in [4.69, 9.17) is 0 Å². The molecule has 0 saturated heterocycles. The Hall–Kier alpha value is 3.99. The summed E-state index contributed by atoms with van der Waals surface area (Å²) in [5, 5.41) is 0. The minimum absolute atomic E-state index is 0. The van der Waals surface area contributed by atoms with Gasteiger partial charge in [-0.15, -0.1) is 64.9 Å². The van der Waals surface area contributed by atoms with Crippen LogP contribution in [0.1, 0.15) is 0 Å². The third-order valence-corrected chi connectivity index (χ3v) is 0. The fourth-order valence-electron chi connectivity index (χ4n) is 0.